The van der Waals surface area contributed by atoms with E-state index in [1.165, 1.54) is 0 Å². The molecule has 1 heterocycles. The second-order valence-corrected chi connectivity index (χ2v) is 20.6. The Bertz CT molecular complexity index is 2680. The predicted octanol–water partition coefficient (Wildman–Crippen LogP) is 10.6. The molecule has 386 valence electrons. The van der Waals surface area contributed by atoms with Crippen molar-refractivity contribution in [1.29, 1.82) is 0 Å². The van der Waals surface area contributed by atoms with Gasteiger partial charge in [-0.2, -0.15) is 27.1 Å². The molecule has 6 rings (SSSR count). The maximum absolute atomic E-state index is 16.1. The average molecular weight is 1120 g/mol. The number of halogens is 8. The monoisotopic (exact) mass is 1120 g/mol. The van der Waals surface area contributed by atoms with Gasteiger partial charge in [0.2, 0.25) is 5.91 Å². The number of amides is 2. The molecule has 20 heteroatoms. The molecule has 3 N–H and O–H groups in total. The van der Waals surface area contributed by atoms with Gasteiger partial charge in [-0.1, -0.05) is 81.4 Å². The van der Waals surface area contributed by atoms with E-state index in [2.05, 4.69) is 37.9 Å². The number of alkyl carbamates (subject to hydrolysis) is 1. The molecule has 1 aliphatic rings. The summed E-state index contributed by atoms with van der Waals surface area (Å²) < 4.78 is 114. The molecule has 0 spiro atoms. The first kappa shape index (κ1) is 55.4. The molecule has 12 nitrogen and oxygen atoms in total. The highest BCUT2D eigenvalue weighted by molar-refractivity contribution is 14.1. The summed E-state index contributed by atoms with van der Waals surface area (Å²) in [5.41, 5.74) is 2.22. The molecule has 0 saturated heterocycles. The Kier molecular flexibility index (Phi) is 17.6. The van der Waals surface area contributed by atoms with Crippen molar-refractivity contribution in [2.45, 2.75) is 91.2 Å². The fraction of sp³-hybridized carbons (Fsp3) is 0.404. The molecular weight excluding hydrogens is 1070 g/mol. The quantitative estimate of drug-likeness (QED) is 0.0299. The lowest BCUT2D eigenvalue weighted by molar-refractivity contribution is -0.220. The number of carbonyl (C=O) groups excluding carboxylic acids is 4. The number of ether oxygens (including phenoxy) is 2. The smallest absolute Gasteiger partial charge is 0.407 e. The summed E-state index contributed by atoms with van der Waals surface area (Å²) in [6.45, 7) is 1.91. The lowest BCUT2D eigenvalue weighted by atomic mass is 9.77. The van der Waals surface area contributed by atoms with E-state index in [1.807, 2.05) is 53.8 Å². The number of hydrogen-bond donors (Lipinski definition) is 3. The van der Waals surface area contributed by atoms with Gasteiger partial charge in [-0.15, -0.1) is 0 Å². The number of esters is 1. The minimum atomic E-state index is -5.02. The van der Waals surface area contributed by atoms with E-state index in [4.69, 9.17) is 4.74 Å². The van der Waals surface area contributed by atoms with Gasteiger partial charge in [-0.3, -0.25) is 19.8 Å². The van der Waals surface area contributed by atoms with E-state index in [1.54, 1.807) is 45.0 Å². The van der Waals surface area contributed by atoms with Crippen molar-refractivity contribution in [1.82, 2.24) is 25.5 Å². The van der Waals surface area contributed by atoms with E-state index < -0.39 is 114 Å². The molecule has 2 amide bonds. The Balaban J connectivity index is 1.31. The van der Waals surface area contributed by atoms with Crippen LogP contribution in [0, 0.1) is 37.9 Å². The number of rotatable bonds is 20. The summed E-state index contributed by atoms with van der Waals surface area (Å²) in [4.78, 5) is 54.7. The van der Waals surface area contributed by atoms with Crippen molar-refractivity contribution in [3.05, 3.63) is 135 Å². The lowest BCUT2D eigenvalue weighted by Gasteiger charge is -2.37. The van der Waals surface area contributed by atoms with Crippen molar-refractivity contribution < 1.29 is 64.5 Å². The first-order valence-electron chi connectivity index (χ1n) is 22.9. The topological polar surface area (TPSA) is 152 Å². The Hall–Kier alpha value is -5.87. The average Bonchev–Trinajstić information content (AvgIpc) is 3.94. The van der Waals surface area contributed by atoms with Gasteiger partial charge in [0.15, 0.2) is 5.78 Å². The first-order chi connectivity index (χ1) is 33.8. The molecule has 5 aromatic rings. The largest absolute Gasteiger partial charge is 0.465 e. The van der Waals surface area contributed by atoms with Crippen molar-refractivity contribution in [2.75, 3.05) is 20.3 Å². The maximum atomic E-state index is 16.1. The highest BCUT2D eigenvalue weighted by Gasteiger charge is 2.55. The number of benzene rings is 4. The zero-order chi connectivity index (χ0) is 52.9. The van der Waals surface area contributed by atoms with Crippen LogP contribution in [-0.4, -0.2) is 82.2 Å². The molecule has 0 fully saturated rings. The minimum Gasteiger partial charge on any atom is -0.465 e. The highest BCUT2D eigenvalue weighted by Crippen LogP contribution is 2.45. The second kappa shape index (κ2) is 22.9. The summed E-state index contributed by atoms with van der Waals surface area (Å²) >= 11 is 2.05. The number of Topliss-reactive ketones (excluding diaryl/α,β-unsaturated/α-hetero) is 1. The molecule has 0 bridgehead atoms. The highest BCUT2D eigenvalue weighted by atomic mass is 127. The van der Waals surface area contributed by atoms with Crippen LogP contribution < -0.4 is 10.7 Å². The Labute approximate surface area is 425 Å². The van der Waals surface area contributed by atoms with Crippen LogP contribution in [0.3, 0.4) is 0 Å². The molecular formula is C52H55F7IN5O7. The molecule has 72 heavy (non-hydrogen) atoms. The lowest BCUT2D eigenvalue weighted by Crippen LogP contribution is -2.57. The number of hydrogen-bond acceptors (Lipinski definition) is 9. The van der Waals surface area contributed by atoms with Crippen LogP contribution in [0.4, 0.5) is 35.5 Å². The van der Waals surface area contributed by atoms with Crippen LogP contribution in [0.15, 0.2) is 97.2 Å². The number of aliphatic hydroxyl groups is 1. The molecule has 4 atom stereocenters. The third kappa shape index (κ3) is 13.2. The predicted molar refractivity (Wildman–Crippen MR) is 261 cm³/mol. The molecule has 0 unspecified atom stereocenters. The number of hydrazine groups is 1. The van der Waals surface area contributed by atoms with Gasteiger partial charge < -0.3 is 19.9 Å². The molecule has 0 saturated carbocycles. The Morgan fingerprint density at radius 1 is 0.861 bits per heavy atom. The summed E-state index contributed by atoms with van der Waals surface area (Å²) in [7, 11) is 0.908. The number of alkyl halides is 5. The zero-order valence-corrected chi connectivity index (χ0v) is 42.4. The molecule has 0 radical (unpaired) electrons. The number of methoxy groups -OCH3 is 1. The third-order valence-electron chi connectivity index (χ3n) is 13.0. The van der Waals surface area contributed by atoms with Crippen molar-refractivity contribution >= 4 is 46.3 Å². The SMILES string of the molecule is COC(=O)N[C@H](C(=O)C[C@@H](Cc1ccc(I)cc1)[C@@H](O)CN(Cc1c(F)cc(-c2ccn(C(F)F)n2)cc1F)NC(=O)[C@@H](CC(=O)OCC1c2ccccc2-c2ccccc21)C(C)(C)C)C(C)(C)C(F)(F)F. The summed E-state index contributed by atoms with van der Waals surface area (Å²) in [6.07, 6.45) is -8.55. The molecule has 1 aromatic heterocycles. The third-order valence-corrected chi connectivity index (χ3v) is 13.7. The van der Waals surface area contributed by atoms with Gasteiger partial charge in [0.1, 0.15) is 24.3 Å². The number of carbonyl (C=O) groups is 4. The van der Waals surface area contributed by atoms with E-state index in [-0.39, 0.29) is 30.2 Å². The van der Waals surface area contributed by atoms with Gasteiger partial charge in [0.25, 0.3) is 0 Å². The molecule has 4 aromatic carbocycles. The van der Waals surface area contributed by atoms with Crippen LogP contribution in [0.2, 0.25) is 0 Å². The van der Waals surface area contributed by atoms with Gasteiger partial charge in [0, 0.05) is 46.3 Å². The standard InChI is InChI=1S/C52H55F7IN5O7/c1-50(2,3)39(25-45(68)72-28-38-35-13-9-7-11-33(35)34-12-8-10-14-36(34)38)47(69)63-64(26-37-40(53)22-30(23-41(37)54)42-19-20-65(62-42)48(55)56)27-44(67)31(21-29-15-17-32(60)18-16-29)24-43(66)46(61-49(70)71-6)51(4,5)52(57,58)59/h7-20,22-23,31,38-39,44,46,48,67H,21,24-28H2,1-6H3,(H,61,70)(H,63,69)/t31-,39-,44+,46-/m1/s1. The van der Waals surface area contributed by atoms with Gasteiger partial charge in [-0.05, 0) is 112 Å². The van der Waals surface area contributed by atoms with Crippen molar-refractivity contribution in [2.24, 2.45) is 22.7 Å². The normalized spacial score (nSPS) is 14.6. The zero-order valence-electron chi connectivity index (χ0n) is 40.2. The second-order valence-electron chi connectivity index (χ2n) is 19.4. The number of nitrogens with one attached hydrogen (secondary N) is 2. The van der Waals surface area contributed by atoms with Crippen LogP contribution in [-0.2, 0) is 36.8 Å². The first-order valence-corrected chi connectivity index (χ1v) is 23.9. The van der Waals surface area contributed by atoms with E-state index in [0.717, 1.165) is 76.2 Å². The Morgan fingerprint density at radius 3 is 1.97 bits per heavy atom. The fourth-order valence-corrected chi connectivity index (χ4v) is 9.09. The van der Waals surface area contributed by atoms with Gasteiger partial charge in [0.05, 0.1) is 36.7 Å². The number of aliphatic hydroxyl groups excluding tert-OH is 1. The number of aromatic nitrogens is 2. The van der Waals surface area contributed by atoms with Gasteiger partial charge in [-0.25, -0.2) is 23.3 Å². The van der Waals surface area contributed by atoms with Crippen LogP contribution in [0.5, 0.6) is 0 Å². The molecule has 1 aliphatic carbocycles. The number of ketones is 1. The maximum Gasteiger partial charge on any atom is 0.407 e. The van der Waals surface area contributed by atoms with Gasteiger partial charge >= 0.3 is 24.8 Å². The summed E-state index contributed by atoms with van der Waals surface area (Å²) in [5.74, 6) is -7.82. The number of fused-ring (bicyclic) bond motifs is 3. The summed E-state index contributed by atoms with van der Waals surface area (Å²) in [6, 6.07) is 22.8. The van der Waals surface area contributed by atoms with Crippen molar-refractivity contribution in [3.63, 3.8) is 0 Å². The van der Waals surface area contributed by atoms with Crippen molar-refractivity contribution in [3.8, 4) is 22.4 Å². The minimum absolute atomic E-state index is 0.0442. The van der Waals surface area contributed by atoms with E-state index in [9.17, 15) is 46.2 Å². The molecule has 0 aliphatic heterocycles. The summed E-state index contributed by atoms with van der Waals surface area (Å²) in [5, 5.41) is 18.8. The van der Waals surface area contributed by atoms with Crippen LogP contribution in [0.1, 0.15) is 82.2 Å². The van der Waals surface area contributed by atoms with E-state index in [0.29, 0.717) is 10.2 Å². The fourth-order valence-electron chi connectivity index (χ4n) is 8.73. The van der Waals surface area contributed by atoms with Crippen LogP contribution >= 0.6 is 22.6 Å². The number of nitrogens with zero attached hydrogens (tertiary/aromatic N) is 3. The van der Waals surface area contributed by atoms with E-state index >= 15 is 8.78 Å². The Morgan fingerprint density at radius 2 is 1.44 bits per heavy atom. The van der Waals surface area contributed by atoms with Crippen LogP contribution in [0.25, 0.3) is 22.4 Å².